The summed E-state index contributed by atoms with van der Waals surface area (Å²) in [5.74, 6) is -1.42. The molecule has 4 nitrogen and oxygen atoms in total. The first-order chi connectivity index (χ1) is 9.13. The van der Waals surface area contributed by atoms with Crippen LogP contribution < -0.4 is 10.6 Å². The van der Waals surface area contributed by atoms with Gasteiger partial charge in [0.05, 0.1) is 5.92 Å². The summed E-state index contributed by atoms with van der Waals surface area (Å²) in [6, 6.07) is 5.82. The van der Waals surface area contributed by atoms with Crippen LogP contribution in [0.25, 0.3) is 0 Å². The Labute approximate surface area is 125 Å². The Morgan fingerprint density at radius 1 is 1.42 bits per heavy atom. The molecule has 0 fully saturated rings. The Hall–Kier alpha value is -1.37. The Morgan fingerprint density at radius 3 is 2.95 bits per heavy atom. The van der Waals surface area contributed by atoms with E-state index in [1.54, 1.807) is 12.3 Å². The van der Waals surface area contributed by atoms with Gasteiger partial charge in [-0.3, -0.25) is 9.59 Å². The highest BCUT2D eigenvalue weighted by Gasteiger charge is 2.28. The molecule has 0 aliphatic carbocycles. The molecule has 0 bridgehead atoms. The van der Waals surface area contributed by atoms with Gasteiger partial charge in [0.2, 0.25) is 5.78 Å². The standard InChI is InChI=1S/C14H15IN2O2/c1-2-6-17-14(19)13(18)10-5-7-16-12-4-3-9(15)8-11(10)12/h3-5,7-8,10,16H,2,6H2,1H3,(H,17,19). The highest BCUT2D eigenvalue weighted by atomic mass is 127. The molecule has 0 aromatic heterocycles. The van der Waals surface area contributed by atoms with E-state index in [0.29, 0.717) is 6.54 Å². The Morgan fingerprint density at radius 2 is 2.21 bits per heavy atom. The van der Waals surface area contributed by atoms with Crippen LogP contribution in [0.5, 0.6) is 0 Å². The van der Waals surface area contributed by atoms with E-state index in [1.807, 2.05) is 25.1 Å². The van der Waals surface area contributed by atoms with Gasteiger partial charge < -0.3 is 10.6 Å². The molecule has 0 radical (unpaired) electrons. The predicted molar refractivity (Wildman–Crippen MR) is 83.0 cm³/mol. The van der Waals surface area contributed by atoms with Gasteiger partial charge in [-0.2, -0.15) is 0 Å². The number of fused-ring (bicyclic) bond motifs is 1. The lowest BCUT2D eigenvalue weighted by Crippen LogP contribution is -2.35. The van der Waals surface area contributed by atoms with Crippen molar-refractivity contribution < 1.29 is 9.59 Å². The number of hydrogen-bond donors (Lipinski definition) is 2. The van der Waals surface area contributed by atoms with E-state index in [9.17, 15) is 9.59 Å². The molecule has 5 heteroatoms. The van der Waals surface area contributed by atoms with Crippen LogP contribution in [0.1, 0.15) is 24.8 Å². The largest absolute Gasteiger partial charge is 0.362 e. The fourth-order valence-corrected chi connectivity index (χ4v) is 2.47. The van der Waals surface area contributed by atoms with Crippen molar-refractivity contribution >= 4 is 40.0 Å². The zero-order valence-electron chi connectivity index (χ0n) is 10.6. The third kappa shape index (κ3) is 3.15. The van der Waals surface area contributed by atoms with Gasteiger partial charge in [0, 0.05) is 15.8 Å². The van der Waals surface area contributed by atoms with E-state index in [4.69, 9.17) is 0 Å². The first kappa shape index (κ1) is 14.0. The molecular weight excluding hydrogens is 355 g/mol. The lowest BCUT2D eigenvalue weighted by atomic mass is 9.91. The number of hydrogen-bond acceptors (Lipinski definition) is 3. The predicted octanol–water partition coefficient (Wildman–Crippen LogP) is 2.41. The van der Waals surface area contributed by atoms with Crippen molar-refractivity contribution in [3.63, 3.8) is 0 Å². The zero-order chi connectivity index (χ0) is 13.8. The maximum Gasteiger partial charge on any atom is 0.288 e. The number of amides is 1. The Balaban J connectivity index is 2.23. The van der Waals surface area contributed by atoms with Crippen molar-refractivity contribution in [2.45, 2.75) is 19.3 Å². The summed E-state index contributed by atoms with van der Waals surface area (Å²) in [6.45, 7) is 2.48. The van der Waals surface area contributed by atoms with E-state index in [1.165, 1.54) is 0 Å². The van der Waals surface area contributed by atoms with Crippen LogP contribution in [-0.2, 0) is 9.59 Å². The minimum absolute atomic E-state index is 0.408. The fourth-order valence-electron chi connectivity index (χ4n) is 1.96. The number of carbonyl (C=O) groups excluding carboxylic acids is 2. The molecule has 2 N–H and O–H groups in total. The van der Waals surface area contributed by atoms with E-state index in [-0.39, 0.29) is 0 Å². The number of ketones is 1. The molecule has 1 aromatic rings. The third-order valence-corrected chi connectivity index (χ3v) is 3.59. The number of nitrogens with one attached hydrogen (secondary N) is 2. The van der Waals surface area contributed by atoms with Crippen LogP contribution in [0.15, 0.2) is 30.5 Å². The maximum absolute atomic E-state index is 12.2. The highest BCUT2D eigenvalue weighted by Crippen LogP contribution is 2.31. The first-order valence-electron chi connectivity index (χ1n) is 6.18. The van der Waals surface area contributed by atoms with E-state index in [0.717, 1.165) is 21.2 Å². The molecule has 1 atom stereocenters. The number of Topliss-reactive ketones (excluding diaryl/α,β-unsaturated/α-hetero) is 1. The average Bonchev–Trinajstić information content (AvgIpc) is 2.43. The smallest absolute Gasteiger partial charge is 0.288 e. The molecule has 1 heterocycles. The van der Waals surface area contributed by atoms with E-state index >= 15 is 0 Å². The number of halogens is 1. The number of carbonyl (C=O) groups is 2. The van der Waals surface area contributed by atoms with Crippen molar-refractivity contribution in [2.75, 3.05) is 11.9 Å². The summed E-state index contributed by atoms with van der Waals surface area (Å²) in [5, 5.41) is 5.72. The molecule has 1 amide bonds. The van der Waals surface area contributed by atoms with Crippen LogP contribution in [0.2, 0.25) is 0 Å². The molecule has 1 aliphatic rings. The Kier molecular flexibility index (Phi) is 4.57. The molecule has 0 spiro atoms. The third-order valence-electron chi connectivity index (χ3n) is 2.92. The van der Waals surface area contributed by atoms with Crippen LogP contribution in [0, 0.1) is 3.57 Å². The number of anilines is 1. The second-order valence-corrected chi connectivity index (χ2v) is 5.58. The number of rotatable bonds is 4. The zero-order valence-corrected chi connectivity index (χ0v) is 12.7. The number of benzene rings is 1. The normalized spacial score (nSPS) is 16.4. The van der Waals surface area contributed by atoms with Crippen molar-refractivity contribution in [1.82, 2.24) is 5.32 Å². The monoisotopic (exact) mass is 370 g/mol. The summed E-state index contributed by atoms with van der Waals surface area (Å²) < 4.78 is 1.04. The highest BCUT2D eigenvalue weighted by molar-refractivity contribution is 14.1. The molecule has 1 unspecified atom stereocenters. The SMILES string of the molecule is CCCNC(=O)C(=O)C1C=CNc2ccc(I)cc21. The summed E-state index contributed by atoms with van der Waals surface area (Å²) >= 11 is 2.20. The molecule has 1 aromatic carbocycles. The Bertz CT molecular complexity index is 540. The van der Waals surface area contributed by atoms with Gasteiger partial charge in [-0.1, -0.05) is 13.0 Å². The van der Waals surface area contributed by atoms with Gasteiger partial charge in [-0.15, -0.1) is 0 Å². The molecule has 2 rings (SSSR count). The van der Waals surface area contributed by atoms with Crippen LogP contribution in [-0.4, -0.2) is 18.2 Å². The second-order valence-electron chi connectivity index (χ2n) is 4.33. The summed E-state index contributed by atoms with van der Waals surface area (Å²) in [4.78, 5) is 24.0. The summed E-state index contributed by atoms with van der Waals surface area (Å²) in [7, 11) is 0. The van der Waals surface area contributed by atoms with Gasteiger partial charge in [-0.05, 0) is 59.0 Å². The van der Waals surface area contributed by atoms with Gasteiger partial charge >= 0.3 is 0 Å². The maximum atomic E-state index is 12.2. The molecule has 1 aliphatic heterocycles. The quantitative estimate of drug-likeness (QED) is 0.632. The van der Waals surface area contributed by atoms with Crippen molar-refractivity contribution in [3.8, 4) is 0 Å². The molecule has 100 valence electrons. The van der Waals surface area contributed by atoms with Gasteiger partial charge in [-0.25, -0.2) is 0 Å². The van der Waals surface area contributed by atoms with Crippen molar-refractivity contribution in [3.05, 3.63) is 39.6 Å². The van der Waals surface area contributed by atoms with E-state index < -0.39 is 17.6 Å². The minimum Gasteiger partial charge on any atom is -0.362 e. The molecule has 0 saturated carbocycles. The van der Waals surface area contributed by atoms with Gasteiger partial charge in [0.1, 0.15) is 0 Å². The van der Waals surface area contributed by atoms with Gasteiger partial charge in [0.25, 0.3) is 5.91 Å². The molecule has 0 saturated heterocycles. The van der Waals surface area contributed by atoms with Crippen molar-refractivity contribution in [1.29, 1.82) is 0 Å². The lowest BCUT2D eigenvalue weighted by molar-refractivity contribution is -0.138. The minimum atomic E-state index is -0.511. The van der Waals surface area contributed by atoms with Crippen LogP contribution >= 0.6 is 22.6 Å². The summed E-state index contributed by atoms with van der Waals surface area (Å²) in [6.07, 6.45) is 4.26. The first-order valence-corrected chi connectivity index (χ1v) is 7.26. The van der Waals surface area contributed by atoms with Crippen LogP contribution in [0.4, 0.5) is 5.69 Å². The van der Waals surface area contributed by atoms with E-state index in [2.05, 4.69) is 33.2 Å². The molecule has 19 heavy (non-hydrogen) atoms. The number of allylic oxidation sites excluding steroid dienone is 1. The second kappa shape index (κ2) is 6.18. The van der Waals surface area contributed by atoms with Gasteiger partial charge in [0.15, 0.2) is 0 Å². The fraction of sp³-hybridized carbons (Fsp3) is 0.286. The van der Waals surface area contributed by atoms with Crippen molar-refractivity contribution in [2.24, 2.45) is 0 Å². The van der Waals surface area contributed by atoms with Crippen LogP contribution in [0.3, 0.4) is 0 Å². The summed E-state index contributed by atoms with van der Waals surface area (Å²) in [5.41, 5.74) is 1.73. The average molecular weight is 370 g/mol. The molecular formula is C14H15IN2O2. The topological polar surface area (TPSA) is 58.2 Å². The lowest BCUT2D eigenvalue weighted by Gasteiger charge is -2.20.